The van der Waals surface area contributed by atoms with E-state index in [1.807, 2.05) is 19.1 Å². The van der Waals surface area contributed by atoms with Gasteiger partial charge in [-0.25, -0.2) is 4.39 Å². The molecule has 2 aromatic carbocycles. The zero-order valence-corrected chi connectivity index (χ0v) is 16.9. The summed E-state index contributed by atoms with van der Waals surface area (Å²) in [5.41, 5.74) is 1.65. The number of amides is 2. The number of hydrogen-bond donors (Lipinski definition) is 2. The van der Waals surface area contributed by atoms with E-state index in [-0.39, 0.29) is 29.5 Å². The van der Waals surface area contributed by atoms with Gasteiger partial charge in [-0.15, -0.1) is 0 Å². The van der Waals surface area contributed by atoms with Crippen LogP contribution in [0.15, 0.2) is 36.4 Å². The fourth-order valence-electron chi connectivity index (χ4n) is 3.43. The smallest absolute Gasteiger partial charge is 0.227 e. The monoisotopic (exact) mass is 420 g/mol. The lowest BCUT2D eigenvalue weighted by atomic mass is 10.0. The molecule has 0 radical (unpaired) electrons. The average Bonchev–Trinajstić information content (AvgIpc) is 3.10. The molecular formula is C21H22ClFN2O4. The van der Waals surface area contributed by atoms with Crippen LogP contribution in [0.25, 0.3) is 0 Å². The van der Waals surface area contributed by atoms with Gasteiger partial charge in [-0.1, -0.05) is 29.8 Å². The number of rotatable bonds is 6. The number of benzene rings is 2. The van der Waals surface area contributed by atoms with Gasteiger partial charge in [0.15, 0.2) is 0 Å². The molecule has 3 rings (SSSR count). The molecule has 0 aromatic heterocycles. The van der Waals surface area contributed by atoms with Gasteiger partial charge in [-0.3, -0.25) is 9.59 Å². The van der Waals surface area contributed by atoms with Crippen LogP contribution in [-0.2, 0) is 9.59 Å². The second-order valence-corrected chi connectivity index (χ2v) is 7.37. The van der Waals surface area contributed by atoms with E-state index in [1.165, 1.54) is 24.1 Å². The standard InChI is InChI=1S/C21H22ClFN2O4/c1-12-6-7-18(29-2)17(8-12)25-10-13(9-19(25)27)21(28)24-16(11-26)14-4-3-5-15(22)20(14)23/h3-8,13,16,26H,9-11H2,1-2H3,(H,24,28). The van der Waals surface area contributed by atoms with E-state index in [1.54, 1.807) is 12.1 Å². The lowest BCUT2D eigenvalue weighted by molar-refractivity contribution is -0.127. The molecule has 1 aliphatic rings. The van der Waals surface area contributed by atoms with Crippen molar-refractivity contribution in [3.63, 3.8) is 0 Å². The van der Waals surface area contributed by atoms with Crippen molar-refractivity contribution in [3.8, 4) is 5.75 Å². The number of carbonyl (C=O) groups excluding carboxylic acids is 2. The van der Waals surface area contributed by atoms with Gasteiger partial charge in [-0.2, -0.15) is 0 Å². The van der Waals surface area contributed by atoms with Crippen molar-refractivity contribution in [2.75, 3.05) is 25.2 Å². The van der Waals surface area contributed by atoms with Crippen LogP contribution < -0.4 is 15.0 Å². The first-order valence-electron chi connectivity index (χ1n) is 9.15. The summed E-state index contributed by atoms with van der Waals surface area (Å²) in [5.74, 6) is -1.43. The molecule has 2 atom stereocenters. The normalized spacial score (nSPS) is 17.3. The van der Waals surface area contributed by atoms with Crippen molar-refractivity contribution in [3.05, 3.63) is 58.4 Å². The summed E-state index contributed by atoms with van der Waals surface area (Å²) in [7, 11) is 1.52. The Labute approximate surface area is 173 Å². The summed E-state index contributed by atoms with van der Waals surface area (Å²) in [6, 6.07) is 8.90. The number of aliphatic hydroxyl groups is 1. The van der Waals surface area contributed by atoms with Gasteiger partial charge in [0, 0.05) is 18.5 Å². The third kappa shape index (κ3) is 4.36. The molecule has 2 aromatic rings. The first-order valence-corrected chi connectivity index (χ1v) is 9.53. The molecule has 0 spiro atoms. The van der Waals surface area contributed by atoms with Crippen molar-refractivity contribution in [2.45, 2.75) is 19.4 Å². The van der Waals surface area contributed by atoms with Crippen LogP contribution in [0.1, 0.15) is 23.6 Å². The molecule has 0 saturated carbocycles. The number of methoxy groups -OCH3 is 1. The highest BCUT2D eigenvalue weighted by Crippen LogP contribution is 2.34. The molecule has 0 aliphatic carbocycles. The van der Waals surface area contributed by atoms with Gasteiger partial charge in [0.05, 0.1) is 36.4 Å². The molecule has 1 aliphatic heterocycles. The average molecular weight is 421 g/mol. The highest BCUT2D eigenvalue weighted by molar-refractivity contribution is 6.30. The summed E-state index contributed by atoms with van der Waals surface area (Å²) >= 11 is 5.79. The zero-order chi connectivity index (χ0) is 21.1. The van der Waals surface area contributed by atoms with E-state index in [9.17, 15) is 19.1 Å². The van der Waals surface area contributed by atoms with Crippen LogP contribution in [0.4, 0.5) is 10.1 Å². The molecule has 29 heavy (non-hydrogen) atoms. The maximum atomic E-state index is 14.3. The second-order valence-electron chi connectivity index (χ2n) is 6.97. The number of aryl methyl sites for hydroxylation is 1. The summed E-state index contributed by atoms with van der Waals surface area (Å²) < 4.78 is 19.6. The molecular weight excluding hydrogens is 399 g/mol. The lowest BCUT2D eigenvalue weighted by Gasteiger charge is -2.22. The minimum Gasteiger partial charge on any atom is -0.495 e. The second kappa shape index (κ2) is 8.80. The predicted molar refractivity (Wildman–Crippen MR) is 108 cm³/mol. The van der Waals surface area contributed by atoms with Gasteiger partial charge >= 0.3 is 0 Å². The lowest BCUT2D eigenvalue weighted by Crippen LogP contribution is -2.37. The number of halogens is 2. The van der Waals surface area contributed by atoms with Crippen molar-refractivity contribution < 1.29 is 23.8 Å². The first kappa shape index (κ1) is 21.1. The predicted octanol–water partition coefficient (Wildman–Crippen LogP) is 3.00. The van der Waals surface area contributed by atoms with E-state index in [4.69, 9.17) is 16.3 Å². The van der Waals surface area contributed by atoms with Crippen LogP contribution in [0.2, 0.25) is 5.02 Å². The van der Waals surface area contributed by atoms with E-state index in [0.717, 1.165) is 5.56 Å². The summed E-state index contributed by atoms with van der Waals surface area (Å²) in [6.07, 6.45) is 0.0130. The largest absolute Gasteiger partial charge is 0.495 e. The van der Waals surface area contributed by atoms with Crippen LogP contribution in [0.5, 0.6) is 5.75 Å². The number of anilines is 1. The Kier molecular flexibility index (Phi) is 6.39. The van der Waals surface area contributed by atoms with Crippen molar-refractivity contribution in [1.29, 1.82) is 0 Å². The third-order valence-electron chi connectivity index (χ3n) is 4.98. The maximum Gasteiger partial charge on any atom is 0.227 e. The van der Waals surface area contributed by atoms with Crippen LogP contribution in [0, 0.1) is 18.7 Å². The summed E-state index contributed by atoms with van der Waals surface area (Å²) in [4.78, 5) is 26.8. The van der Waals surface area contributed by atoms with Crippen LogP contribution in [-0.4, -0.2) is 37.2 Å². The van der Waals surface area contributed by atoms with Gasteiger partial charge in [0.1, 0.15) is 11.6 Å². The van der Waals surface area contributed by atoms with E-state index in [0.29, 0.717) is 11.4 Å². The summed E-state index contributed by atoms with van der Waals surface area (Å²) in [5, 5.41) is 12.2. The van der Waals surface area contributed by atoms with Crippen molar-refractivity contribution in [1.82, 2.24) is 5.32 Å². The van der Waals surface area contributed by atoms with Gasteiger partial charge in [0.25, 0.3) is 0 Å². The molecule has 6 nitrogen and oxygen atoms in total. The van der Waals surface area contributed by atoms with Gasteiger partial charge < -0.3 is 20.1 Å². The molecule has 1 heterocycles. The van der Waals surface area contributed by atoms with Gasteiger partial charge in [0.2, 0.25) is 11.8 Å². The highest BCUT2D eigenvalue weighted by atomic mass is 35.5. The van der Waals surface area contributed by atoms with E-state index < -0.39 is 30.3 Å². The number of nitrogens with zero attached hydrogens (tertiary/aromatic N) is 1. The quantitative estimate of drug-likeness (QED) is 0.753. The number of nitrogens with one attached hydrogen (secondary N) is 1. The fraction of sp³-hybridized carbons (Fsp3) is 0.333. The Morgan fingerprint density at radius 2 is 2.17 bits per heavy atom. The van der Waals surface area contributed by atoms with Crippen LogP contribution in [0.3, 0.4) is 0 Å². The minimum absolute atomic E-state index is 0.0130. The molecule has 2 amide bonds. The Balaban J connectivity index is 1.76. The molecule has 1 saturated heterocycles. The third-order valence-corrected chi connectivity index (χ3v) is 5.27. The molecule has 8 heteroatoms. The number of hydrogen-bond acceptors (Lipinski definition) is 4. The number of carbonyl (C=O) groups is 2. The minimum atomic E-state index is -0.959. The number of ether oxygens (including phenoxy) is 1. The molecule has 2 N–H and O–H groups in total. The Morgan fingerprint density at radius 3 is 2.86 bits per heavy atom. The van der Waals surface area contributed by atoms with Gasteiger partial charge in [-0.05, 0) is 30.7 Å². The Hall–Kier alpha value is -2.64. The molecule has 1 fully saturated rings. The summed E-state index contributed by atoms with van der Waals surface area (Å²) in [6.45, 7) is 1.57. The van der Waals surface area contributed by atoms with Crippen LogP contribution >= 0.6 is 11.6 Å². The van der Waals surface area contributed by atoms with Crippen molar-refractivity contribution in [2.24, 2.45) is 5.92 Å². The Bertz CT molecular complexity index is 937. The van der Waals surface area contributed by atoms with Crippen molar-refractivity contribution >= 4 is 29.1 Å². The highest BCUT2D eigenvalue weighted by Gasteiger charge is 2.37. The zero-order valence-electron chi connectivity index (χ0n) is 16.1. The Morgan fingerprint density at radius 1 is 1.41 bits per heavy atom. The SMILES string of the molecule is COc1ccc(C)cc1N1CC(C(=O)NC(CO)c2cccc(Cl)c2F)CC1=O. The first-order chi connectivity index (χ1) is 13.8. The van der Waals surface area contributed by atoms with E-state index in [2.05, 4.69) is 5.32 Å². The maximum absolute atomic E-state index is 14.3. The molecule has 2 unspecified atom stereocenters. The molecule has 0 bridgehead atoms. The topological polar surface area (TPSA) is 78.9 Å². The fourth-order valence-corrected chi connectivity index (χ4v) is 3.61. The number of aliphatic hydroxyl groups excluding tert-OH is 1. The molecule has 154 valence electrons. The van der Waals surface area contributed by atoms with E-state index >= 15 is 0 Å².